The van der Waals surface area contributed by atoms with Gasteiger partial charge < -0.3 is 9.47 Å². The van der Waals surface area contributed by atoms with E-state index in [1.807, 2.05) is 0 Å². The van der Waals surface area contributed by atoms with E-state index in [1.54, 1.807) is 0 Å². The number of hydrogen-bond acceptors (Lipinski definition) is 4. The molecule has 4 heteroatoms. The quantitative estimate of drug-likeness (QED) is 0.151. The Morgan fingerprint density at radius 1 is 0.636 bits per heavy atom. The first-order valence-corrected chi connectivity index (χ1v) is 14.1. The summed E-state index contributed by atoms with van der Waals surface area (Å²) >= 11 is 0. The molecule has 0 aliphatic heterocycles. The summed E-state index contributed by atoms with van der Waals surface area (Å²) in [5.74, 6) is 0.992. The largest absolute Gasteiger partial charge is 0.465 e. The van der Waals surface area contributed by atoms with Crippen LogP contribution in [-0.4, -0.2) is 25.2 Å². The number of hydrogen-bond donors (Lipinski definition) is 0. The Labute approximate surface area is 205 Å². The lowest BCUT2D eigenvalue weighted by atomic mass is 9.74. The van der Waals surface area contributed by atoms with Crippen molar-refractivity contribution < 1.29 is 19.1 Å². The van der Waals surface area contributed by atoms with E-state index < -0.39 is 0 Å². The van der Waals surface area contributed by atoms with Crippen LogP contribution < -0.4 is 0 Å². The van der Waals surface area contributed by atoms with Crippen LogP contribution in [0.2, 0.25) is 0 Å². The van der Waals surface area contributed by atoms with Crippen molar-refractivity contribution in [1.29, 1.82) is 0 Å². The SMILES string of the molecule is CC(C)CCCCCCCOC(=O)C1CCC(C)CC1C(=O)OCCCCCCCC(C)C. The monoisotopic (exact) mass is 466 g/mol. The molecule has 3 unspecified atom stereocenters. The molecule has 0 N–H and O–H groups in total. The van der Waals surface area contributed by atoms with Crippen LogP contribution in [0.3, 0.4) is 0 Å². The normalized spacial score (nSPS) is 20.9. The van der Waals surface area contributed by atoms with E-state index in [0.29, 0.717) is 19.1 Å². The summed E-state index contributed by atoms with van der Waals surface area (Å²) in [6, 6.07) is 0. The molecule has 33 heavy (non-hydrogen) atoms. The van der Waals surface area contributed by atoms with Gasteiger partial charge in [-0.05, 0) is 49.9 Å². The highest BCUT2D eigenvalue weighted by Gasteiger charge is 2.40. The number of unbranched alkanes of at least 4 members (excludes halogenated alkanes) is 8. The summed E-state index contributed by atoms with van der Waals surface area (Å²) in [5, 5.41) is 0. The Balaban J connectivity index is 2.24. The third kappa shape index (κ3) is 14.7. The third-order valence-electron chi connectivity index (χ3n) is 7.06. The van der Waals surface area contributed by atoms with E-state index in [4.69, 9.17) is 9.47 Å². The maximum absolute atomic E-state index is 12.8. The second-order valence-electron chi connectivity index (χ2n) is 11.4. The molecule has 0 radical (unpaired) electrons. The Hall–Kier alpha value is -1.06. The summed E-state index contributed by atoms with van der Waals surface area (Å²) in [6.07, 6.45) is 16.6. The summed E-state index contributed by atoms with van der Waals surface area (Å²) in [7, 11) is 0. The maximum Gasteiger partial charge on any atom is 0.309 e. The highest BCUT2D eigenvalue weighted by Crippen LogP contribution is 2.35. The molecule has 3 atom stereocenters. The van der Waals surface area contributed by atoms with Crippen molar-refractivity contribution in [2.75, 3.05) is 13.2 Å². The number of carbonyl (C=O) groups excluding carboxylic acids is 2. The molecule has 0 aromatic rings. The van der Waals surface area contributed by atoms with Crippen LogP contribution in [0.4, 0.5) is 0 Å². The molecule has 0 aromatic carbocycles. The molecule has 1 aliphatic rings. The lowest BCUT2D eigenvalue weighted by molar-refractivity contribution is -0.163. The average molecular weight is 467 g/mol. The van der Waals surface area contributed by atoms with E-state index in [1.165, 1.54) is 51.4 Å². The fourth-order valence-corrected chi connectivity index (χ4v) is 4.85. The Kier molecular flexibility index (Phi) is 16.6. The molecule has 194 valence electrons. The second-order valence-corrected chi connectivity index (χ2v) is 11.4. The molecular weight excluding hydrogens is 412 g/mol. The van der Waals surface area contributed by atoms with Gasteiger partial charge in [-0.3, -0.25) is 9.59 Å². The van der Waals surface area contributed by atoms with E-state index in [2.05, 4.69) is 34.6 Å². The summed E-state index contributed by atoms with van der Waals surface area (Å²) < 4.78 is 11.2. The fourth-order valence-electron chi connectivity index (χ4n) is 4.85. The fraction of sp³-hybridized carbons (Fsp3) is 0.931. The van der Waals surface area contributed by atoms with Crippen molar-refractivity contribution in [3.63, 3.8) is 0 Å². The van der Waals surface area contributed by atoms with Gasteiger partial charge in [0, 0.05) is 0 Å². The van der Waals surface area contributed by atoms with Gasteiger partial charge in [0.15, 0.2) is 0 Å². The number of ether oxygens (including phenoxy) is 2. The third-order valence-corrected chi connectivity index (χ3v) is 7.06. The van der Waals surface area contributed by atoms with Crippen molar-refractivity contribution in [2.24, 2.45) is 29.6 Å². The standard InChI is InChI=1S/C29H54O4/c1-23(2)16-12-8-6-10-14-20-32-28(30)26-19-18-25(5)22-27(26)29(31)33-21-15-11-7-9-13-17-24(3)4/h23-27H,6-22H2,1-5H3. The van der Waals surface area contributed by atoms with Crippen LogP contribution in [0.5, 0.6) is 0 Å². The predicted molar refractivity (Wildman–Crippen MR) is 137 cm³/mol. The minimum atomic E-state index is -0.330. The summed E-state index contributed by atoms with van der Waals surface area (Å²) in [4.78, 5) is 25.5. The molecule has 1 aliphatic carbocycles. The van der Waals surface area contributed by atoms with Gasteiger partial charge in [-0.1, -0.05) is 98.8 Å². The van der Waals surface area contributed by atoms with Crippen molar-refractivity contribution in [2.45, 2.75) is 131 Å². The highest BCUT2D eigenvalue weighted by molar-refractivity contribution is 5.82. The smallest absolute Gasteiger partial charge is 0.309 e. The lowest BCUT2D eigenvalue weighted by Gasteiger charge is -2.31. The van der Waals surface area contributed by atoms with Crippen LogP contribution in [0.15, 0.2) is 0 Å². The van der Waals surface area contributed by atoms with Crippen LogP contribution in [0.1, 0.15) is 131 Å². The van der Waals surface area contributed by atoms with Gasteiger partial charge in [-0.2, -0.15) is 0 Å². The zero-order valence-electron chi connectivity index (χ0n) is 22.5. The molecule has 0 spiro atoms. The minimum Gasteiger partial charge on any atom is -0.465 e. The molecule has 1 rings (SSSR count). The molecule has 0 heterocycles. The lowest BCUT2D eigenvalue weighted by Crippen LogP contribution is -2.37. The van der Waals surface area contributed by atoms with Crippen molar-refractivity contribution >= 4 is 11.9 Å². The summed E-state index contributed by atoms with van der Waals surface area (Å²) in [5.41, 5.74) is 0. The van der Waals surface area contributed by atoms with E-state index in [9.17, 15) is 9.59 Å². The van der Waals surface area contributed by atoms with Crippen LogP contribution in [-0.2, 0) is 19.1 Å². The van der Waals surface area contributed by atoms with E-state index in [0.717, 1.165) is 56.8 Å². The van der Waals surface area contributed by atoms with Gasteiger partial charge in [-0.25, -0.2) is 0 Å². The summed E-state index contributed by atoms with van der Waals surface area (Å²) in [6.45, 7) is 12.2. The van der Waals surface area contributed by atoms with Gasteiger partial charge in [0.25, 0.3) is 0 Å². The Morgan fingerprint density at radius 2 is 1.06 bits per heavy atom. The first kappa shape index (κ1) is 30.0. The van der Waals surface area contributed by atoms with Gasteiger partial charge in [-0.15, -0.1) is 0 Å². The van der Waals surface area contributed by atoms with Crippen LogP contribution in [0.25, 0.3) is 0 Å². The number of rotatable bonds is 18. The topological polar surface area (TPSA) is 52.6 Å². The highest BCUT2D eigenvalue weighted by atomic mass is 16.5. The Bertz CT molecular complexity index is 514. The van der Waals surface area contributed by atoms with Crippen molar-refractivity contribution in [3.05, 3.63) is 0 Å². The zero-order chi connectivity index (χ0) is 24.5. The first-order valence-electron chi connectivity index (χ1n) is 14.1. The molecular formula is C29H54O4. The van der Waals surface area contributed by atoms with E-state index >= 15 is 0 Å². The van der Waals surface area contributed by atoms with Crippen molar-refractivity contribution in [1.82, 2.24) is 0 Å². The van der Waals surface area contributed by atoms with Gasteiger partial charge in [0.1, 0.15) is 0 Å². The molecule has 1 saturated carbocycles. The molecule has 0 amide bonds. The molecule has 0 saturated heterocycles. The van der Waals surface area contributed by atoms with Gasteiger partial charge in [0.05, 0.1) is 25.0 Å². The minimum absolute atomic E-state index is 0.186. The number of carbonyl (C=O) groups is 2. The maximum atomic E-state index is 12.8. The van der Waals surface area contributed by atoms with Gasteiger partial charge >= 0.3 is 11.9 Å². The molecule has 4 nitrogen and oxygen atoms in total. The van der Waals surface area contributed by atoms with Crippen molar-refractivity contribution in [3.8, 4) is 0 Å². The molecule has 0 aromatic heterocycles. The average Bonchev–Trinajstić information content (AvgIpc) is 2.76. The molecule has 0 bridgehead atoms. The van der Waals surface area contributed by atoms with E-state index in [-0.39, 0.29) is 23.8 Å². The van der Waals surface area contributed by atoms with Gasteiger partial charge in [0.2, 0.25) is 0 Å². The second kappa shape index (κ2) is 18.3. The number of esters is 2. The van der Waals surface area contributed by atoms with Crippen LogP contribution >= 0.6 is 0 Å². The zero-order valence-corrected chi connectivity index (χ0v) is 22.5. The van der Waals surface area contributed by atoms with Crippen LogP contribution in [0, 0.1) is 29.6 Å². The molecule has 1 fully saturated rings. The predicted octanol–water partition coefficient (Wildman–Crippen LogP) is 8.12. The Morgan fingerprint density at radius 3 is 1.55 bits per heavy atom. The first-order chi connectivity index (χ1) is 15.8.